The number of fused-ring (bicyclic) bond motifs is 1. The molecule has 0 unspecified atom stereocenters. The van der Waals surface area contributed by atoms with Crippen LogP contribution in [0.5, 0.6) is 0 Å². The summed E-state index contributed by atoms with van der Waals surface area (Å²) in [6.45, 7) is 2.71. The van der Waals surface area contributed by atoms with Crippen molar-refractivity contribution in [3.63, 3.8) is 0 Å². The summed E-state index contributed by atoms with van der Waals surface area (Å²) in [6.07, 6.45) is 0. The van der Waals surface area contributed by atoms with Crippen LogP contribution in [0.25, 0.3) is 16.9 Å². The Kier molecular flexibility index (Phi) is 4.57. The van der Waals surface area contributed by atoms with Crippen LogP contribution in [-0.2, 0) is 19.8 Å². The topological polar surface area (TPSA) is 104 Å². The molecule has 1 aliphatic rings. The van der Waals surface area contributed by atoms with Gasteiger partial charge in [0, 0.05) is 5.56 Å². The van der Waals surface area contributed by atoms with Crippen LogP contribution >= 0.6 is 0 Å². The van der Waals surface area contributed by atoms with Crippen LogP contribution in [0.15, 0.2) is 54.1 Å². The number of rotatable bonds is 4. The first-order chi connectivity index (χ1) is 12.7. The van der Waals surface area contributed by atoms with Crippen LogP contribution < -0.4 is 5.32 Å². The van der Waals surface area contributed by atoms with Crippen LogP contribution in [0.1, 0.15) is 25.0 Å². The molecule has 0 aromatic heterocycles. The van der Waals surface area contributed by atoms with Crippen molar-refractivity contribution in [1.29, 1.82) is 0 Å². The number of benzene rings is 2. The minimum Gasteiger partial charge on any atom is -0.506 e. The molecule has 0 atom stereocenters. The third-order valence-electron chi connectivity index (χ3n) is 4.71. The molecular weight excluding hydrogens is 346 g/mol. The number of ketones is 1. The Balaban J connectivity index is 2.14. The zero-order valence-corrected chi connectivity index (χ0v) is 14.9. The molecule has 0 radical (unpaired) electrons. The molecule has 6 heteroatoms. The van der Waals surface area contributed by atoms with Crippen LogP contribution in [0.3, 0.4) is 0 Å². The summed E-state index contributed by atoms with van der Waals surface area (Å²) in [5.74, 6) is -3.13. The molecule has 0 bridgehead atoms. The number of Topliss-reactive ketones (excluding diaryl/α,β-unsaturated/α-hetero) is 1. The third kappa shape index (κ3) is 3.21. The van der Waals surface area contributed by atoms with Crippen molar-refractivity contribution in [2.75, 3.05) is 6.54 Å². The fourth-order valence-corrected chi connectivity index (χ4v) is 3.23. The molecule has 6 nitrogen and oxygen atoms in total. The fourth-order valence-electron chi connectivity index (χ4n) is 3.23. The predicted molar refractivity (Wildman–Crippen MR) is 100 cm³/mol. The van der Waals surface area contributed by atoms with Crippen LogP contribution in [0.2, 0.25) is 0 Å². The van der Waals surface area contributed by atoms with Crippen molar-refractivity contribution >= 4 is 23.4 Å². The minimum atomic E-state index is -1.24. The van der Waals surface area contributed by atoms with E-state index in [0.717, 1.165) is 11.1 Å². The number of hydrogen-bond acceptors (Lipinski definition) is 4. The van der Waals surface area contributed by atoms with E-state index in [-0.39, 0.29) is 0 Å². The monoisotopic (exact) mass is 365 g/mol. The summed E-state index contributed by atoms with van der Waals surface area (Å²) in [6, 6.07) is 14.9. The summed E-state index contributed by atoms with van der Waals surface area (Å²) in [5, 5.41) is 21.6. The van der Waals surface area contributed by atoms with Crippen molar-refractivity contribution in [2.45, 2.75) is 19.3 Å². The van der Waals surface area contributed by atoms with Gasteiger partial charge in [-0.05, 0) is 36.6 Å². The van der Waals surface area contributed by atoms with Gasteiger partial charge >= 0.3 is 5.97 Å². The molecule has 0 aliphatic heterocycles. The third-order valence-corrected chi connectivity index (χ3v) is 4.71. The lowest BCUT2D eigenvalue weighted by molar-refractivity contribution is -0.138. The summed E-state index contributed by atoms with van der Waals surface area (Å²) >= 11 is 0. The first-order valence-corrected chi connectivity index (χ1v) is 8.42. The van der Waals surface area contributed by atoms with Crippen molar-refractivity contribution in [1.82, 2.24) is 5.32 Å². The number of aliphatic carboxylic acids is 1. The maximum Gasteiger partial charge on any atom is 0.322 e. The number of carboxylic acids is 1. The smallest absolute Gasteiger partial charge is 0.322 e. The van der Waals surface area contributed by atoms with E-state index in [1.54, 1.807) is 26.0 Å². The van der Waals surface area contributed by atoms with Gasteiger partial charge in [-0.15, -0.1) is 0 Å². The molecule has 138 valence electrons. The van der Waals surface area contributed by atoms with Gasteiger partial charge in [-0.2, -0.15) is 0 Å². The second-order valence-electron chi connectivity index (χ2n) is 6.88. The molecule has 2 aromatic rings. The van der Waals surface area contributed by atoms with Crippen molar-refractivity contribution in [3.05, 3.63) is 65.2 Å². The number of aliphatic hydroxyl groups is 1. The van der Waals surface area contributed by atoms with Crippen LogP contribution in [-0.4, -0.2) is 34.4 Å². The van der Waals surface area contributed by atoms with Gasteiger partial charge in [0.2, 0.25) is 0 Å². The van der Waals surface area contributed by atoms with Gasteiger partial charge < -0.3 is 15.5 Å². The van der Waals surface area contributed by atoms with E-state index in [1.807, 2.05) is 36.4 Å². The predicted octanol–water partition coefficient (Wildman–Crippen LogP) is 2.68. The Morgan fingerprint density at radius 1 is 1.04 bits per heavy atom. The zero-order chi connectivity index (χ0) is 19.8. The largest absolute Gasteiger partial charge is 0.506 e. The highest BCUT2D eigenvalue weighted by Gasteiger charge is 2.43. The molecule has 27 heavy (non-hydrogen) atoms. The van der Waals surface area contributed by atoms with E-state index in [1.165, 1.54) is 0 Å². The quantitative estimate of drug-likeness (QED) is 0.723. The number of nitrogens with one attached hydrogen (secondary N) is 1. The Bertz CT molecular complexity index is 973. The van der Waals surface area contributed by atoms with Gasteiger partial charge in [-0.1, -0.05) is 42.5 Å². The first-order valence-electron chi connectivity index (χ1n) is 8.42. The maximum absolute atomic E-state index is 12.8. The molecule has 0 heterocycles. The van der Waals surface area contributed by atoms with E-state index in [4.69, 9.17) is 5.11 Å². The standard InChI is InChI=1S/C21H19NO5/c1-21(2)15-9-8-13(12-6-4-3-5-7-12)10-14(15)18(25)17(19(21)26)20(27)22-11-16(23)24/h3-10,25H,11H2,1-2H3,(H,22,27)(H,23,24). The molecule has 3 N–H and O–H groups in total. The molecule has 3 rings (SSSR count). The Labute approximate surface area is 156 Å². The maximum atomic E-state index is 12.8. The SMILES string of the molecule is CC1(C)C(=O)C(C(=O)NCC(=O)O)=C(O)c2cc(-c3ccccc3)ccc21. The number of carbonyl (C=O) groups is 3. The molecule has 1 amide bonds. The average molecular weight is 365 g/mol. The number of aliphatic hydroxyl groups excluding tert-OH is 1. The lowest BCUT2D eigenvalue weighted by Gasteiger charge is -2.32. The highest BCUT2D eigenvalue weighted by Crippen LogP contribution is 2.41. The van der Waals surface area contributed by atoms with Gasteiger partial charge in [0.1, 0.15) is 17.9 Å². The van der Waals surface area contributed by atoms with E-state index >= 15 is 0 Å². The van der Waals surface area contributed by atoms with Crippen molar-refractivity contribution < 1.29 is 24.6 Å². The van der Waals surface area contributed by atoms with Crippen molar-refractivity contribution in [2.24, 2.45) is 0 Å². The lowest BCUT2D eigenvalue weighted by Crippen LogP contribution is -2.42. The second-order valence-corrected chi connectivity index (χ2v) is 6.88. The van der Waals surface area contributed by atoms with Gasteiger partial charge in [0.25, 0.3) is 5.91 Å². The number of carboxylic acid groups (broad SMARTS) is 1. The summed E-state index contributed by atoms with van der Waals surface area (Å²) < 4.78 is 0. The van der Waals surface area contributed by atoms with Crippen molar-refractivity contribution in [3.8, 4) is 11.1 Å². The average Bonchev–Trinajstić information content (AvgIpc) is 2.65. The first kappa shape index (κ1) is 18.4. The number of hydrogen-bond donors (Lipinski definition) is 3. The molecule has 0 spiro atoms. The van der Waals surface area contributed by atoms with E-state index in [2.05, 4.69) is 5.32 Å². The normalized spacial score (nSPS) is 15.3. The highest BCUT2D eigenvalue weighted by molar-refractivity contribution is 6.28. The van der Waals surface area contributed by atoms with E-state index < -0.39 is 41.0 Å². The zero-order valence-electron chi connectivity index (χ0n) is 14.9. The summed E-state index contributed by atoms with van der Waals surface area (Å²) in [7, 11) is 0. The van der Waals surface area contributed by atoms with Crippen LogP contribution in [0.4, 0.5) is 0 Å². The number of carbonyl (C=O) groups excluding carboxylic acids is 2. The highest BCUT2D eigenvalue weighted by atomic mass is 16.4. The Morgan fingerprint density at radius 2 is 1.70 bits per heavy atom. The molecule has 0 saturated carbocycles. The van der Waals surface area contributed by atoms with Crippen LogP contribution in [0, 0.1) is 0 Å². The van der Waals surface area contributed by atoms with E-state index in [9.17, 15) is 19.5 Å². The van der Waals surface area contributed by atoms with E-state index in [0.29, 0.717) is 11.1 Å². The molecule has 0 saturated heterocycles. The van der Waals surface area contributed by atoms with Gasteiger partial charge in [0.15, 0.2) is 5.78 Å². The second kappa shape index (κ2) is 6.72. The summed E-state index contributed by atoms with van der Waals surface area (Å²) in [5.41, 5.74) is 1.31. The lowest BCUT2D eigenvalue weighted by atomic mass is 9.70. The fraction of sp³-hybridized carbons (Fsp3) is 0.190. The van der Waals surface area contributed by atoms with Gasteiger partial charge in [-0.25, -0.2) is 0 Å². The van der Waals surface area contributed by atoms with Gasteiger partial charge in [0.05, 0.1) is 5.41 Å². The molecule has 0 fully saturated rings. The van der Waals surface area contributed by atoms with Gasteiger partial charge in [-0.3, -0.25) is 14.4 Å². The molecular formula is C21H19NO5. The molecule has 1 aliphatic carbocycles. The molecule has 2 aromatic carbocycles. The number of amides is 1. The minimum absolute atomic E-state index is 0.390. The summed E-state index contributed by atoms with van der Waals surface area (Å²) in [4.78, 5) is 35.9. The Morgan fingerprint density at radius 3 is 2.33 bits per heavy atom. The Hall–Kier alpha value is -3.41.